The molecule has 1 aromatic rings. The van der Waals surface area contributed by atoms with Crippen molar-refractivity contribution in [2.24, 2.45) is 0 Å². The molecule has 3 nitrogen and oxygen atoms in total. The van der Waals surface area contributed by atoms with Gasteiger partial charge in [-0.25, -0.2) is 4.79 Å². The lowest BCUT2D eigenvalue weighted by atomic mass is 10.1. The molecule has 0 heterocycles. The average Bonchev–Trinajstić information content (AvgIpc) is 2.28. The van der Waals surface area contributed by atoms with Gasteiger partial charge in [0.05, 0.1) is 18.2 Å². The number of esters is 1. The quantitative estimate of drug-likeness (QED) is 0.618. The molecule has 0 atom stereocenters. The number of methoxy groups -OCH3 is 1. The third-order valence-electron chi connectivity index (χ3n) is 1.80. The van der Waals surface area contributed by atoms with E-state index in [0.29, 0.717) is 0 Å². The number of hydrogen-bond acceptors (Lipinski definition) is 4. The van der Waals surface area contributed by atoms with Gasteiger partial charge in [0.1, 0.15) is 6.07 Å². The first-order valence-corrected chi connectivity index (χ1v) is 5.55. The number of carbonyl (C=O) groups is 1. The van der Waals surface area contributed by atoms with Gasteiger partial charge in [-0.2, -0.15) is 18.4 Å². The number of rotatable bonds is 2. The minimum Gasteiger partial charge on any atom is -0.465 e. The molecule has 0 amide bonds. The number of nitrogens with zero attached hydrogens (tertiary/aromatic N) is 1. The van der Waals surface area contributed by atoms with Crippen LogP contribution in [0.15, 0.2) is 17.0 Å². The molecule has 8 heteroatoms. The Morgan fingerprint density at radius 1 is 1.50 bits per heavy atom. The largest absolute Gasteiger partial charge is 0.465 e. The van der Waals surface area contributed by atoms with Gasteiger partial charge in [0, 0.05) is 9.92 Å². The van der Waals surface area contributed by atoms with Crippen molar-refractivity contribution in [3.63, 3.8) is 0 Å². The highest BCUT2D eigenvalue weighted by atomic mass is 35.5. The van der Waals surface area contributed by atoms with Crippen LogP contribution < -0.4 is 0 Å². The predicted molar refractivity (Wildman–Crippen MR) is 59.4 cm³/mol. The number of hydrogen-bond donors (Lipinski definition) is 0. The number of benzene rings is 1. The Bertz CT molecular complexity index is 525. The number of thioether (sulfide) groups is 1. The van der Waals surface area contributed by atoms with Gasteiger partial charge in [-0.05, 0) is 23.9 Å². The molecule has 18 heavy (non-hydrogen) atoms. The average molecular weight is 296 g/mol. The van der Waals surface area contributed by atoms with E-state index >= 15 is 0 Å². The highest BCUT2D eigenvalue weighted by Gasteiger charge is 2.33. The summed E-state index contributed by atoms with van der Waals surface area (Å²) >= 11 is 5.07. The number of alkyl halides is 3. The molecule has 0 saturated heterocycles. The molecule has 1 aromatic carbocycles. The van der Waals surface area contributed by atoms with E-state index in [0.717, 1.165) is 19.2 Å². The summed E-state index contributed by atoms with van der Waals surface area (Å²) in [7, 11) is 1.03. The van der Waals surface area contributed by atoms with Crippen LogP contribution in [0, 0.1) is 11.3 Å². The van der Waals surface area contributed by atoms with Crippen molar-refractivity contribution in [2.45, 2.75) is 10.4 Å². The van der Waals surface area contributed by atoms with Crippen molar-refractivity contribution >= 4 is 29.3 Å². The van der Waals surface area contributed by atoms with Gasteiger partial charge in [-0.3, -0.25) is 0 Å². The Hall–Kier alpha value is -1.39. The molecule has 0 spiro atoms. The Labute approximate surface area is 109 Å². The maximum atomic E-state index is 12.4. The monoisotopic (exact) mass is 295 g/mol. The summed E-state index contributed by atoms with van der Waals surface area (Å²) in [5.74, 6) is -0.985. The molecule has 0 unspecified atom stereocenters. The van der Waals surface area contributed by atoms with Crippen LogP contribution in [-0.2, 0) is 4.74 Å². The van der Waals surface area contributed by atoms with E-state index in [1.807, 2.05) is 0 Å². The van der Waals surface area contributed by atoms with E-state index in [9.17, 15) is 18.0 Å². The zero-order chi connectivity index (χ0) is 13.9. The van der Waals surface area contributed by atoms with Crippen LogP contribution in [0.4, 0.5) is 13.2 Å². The van der Waals surface area contributed by atoms with E-state index in [-0.39, 0.29) is 16.1 Å². The summed E-state index contributed by atoms with van der Waals surface area (Å²) in [4.78, 5) is 10.9. The lowest BCUT2D eigenvalue weighted by Gasteiger charge is -2.11. The first-order valence-electron chi connectivity index (χ1n) is 4.36. The van der Waals surface area contributed by atoms with Gasteiger partial charge in [-0.1, -0.05) is 11.6 Å². The summed E-state index contributed by atoms with van der Waals surface area (Å²) in [6, 6.07) is 3.65. The first-order chi connectivity index (χ1) is 8.28. The molecular weight excluding hydrogens is 291 g/mol. The van der Waals surface area contributed by atoms with Crippen molar-refractivity contribution in [1.82, 2.24) is 0 Å². The van der Waals surface area contributed by atoms with Crippen molar-refractivity contribution in [1.29, 1.82) is 5.26 Å². The van der Waals surface area contributed by atoms with E-state index < -0.39 is 28.1 Å². The van der Waals surface area contributed by atoms with Crippen LogP contribution in [0.5, 0.6) is 0 Å². The summed E-state index contributed by atoms with van der Waals surface area (Å²) < 4.78 is 41.5. The topological polar surface area (TPSA) is 50.1 Å². The van der Waals surface area contributed by atoms with Crippen LogP contribution in [0.1, 0.15) is 15.9 Å². The maximum absolute atomic E-state index is 12.4. The van der Waals surface area contributed by atoms with Crippen LogP contribution in [0.25, 0.3) is 0 Å². The first kappa shape index (κ1) is 14.7. The summed E-state index contributed by atoms with van der Waals surface area (Å²) in [6.07, 6.45) is 0. The van der Waals surface area contributed by atoms with Gasteiger partial charge in [0.25, 0.3) is 0 Å². The third-order valence-corrected chi connectivity index (χ3v) is 2.89. The molecule has 0 saturated carbocycles. The standard InChI is InChI=1S/C10H5ClF3NO2S/c1-17-9(16)7-3-6(11)2-5(4-15)8(7)18-10(12,13)14/h2-3H,1H3. The van der Waals surface area contributed by atoms with Gasteiger partial charge in [0.15, 0.2) is 0 Å². The predicted octanol–water partition coefficient (Wildman–Crippen LogP) is 3.61. The smallest absolute Gasteiger partial charge is 0.446 e. The lowest BCUT2D eigenvalue weighted by molar-refractivity contribution is -0.0328. The molecular formula is C10H5ClF3NO2S. The molecule has 0 aliphatic rings. The molecule has 0 N–H and O–H groups in total. The Morgan fingerprint density at radius 2 is 2.11 bits per heavy atom. The number of ether oxygens (including phenoxy) is 1. The molecule has 96 valence electrons. The molecule has 0 aromatic heterocycles. The highest BCUT2D eigenvalue weighted by Crippen LogP contribution is 2.41. The van der Waals surface area contributed by atoms with Crippen molar-refractivity contribution in [3.05, 3.63) is 28.3 Å². The Kier molecular flexibility index (Phi) is 4.48. The number of nitriles is 1. The fourth-order valence-corrected chi connectivity index (χ4v) is 2.08. The minimum atomic E-state index is -4.62. The van der Waals surface area contributed by atoms with E-state index in [4.69, 9.17) is 16.9 Å². The second-order valence-corrected chi connectivity index (χ2v) is 4.49. The fraction of sp³-hybridized carbons (Fsp3) is 0.200. The highest BCUT2D eigenvalue weighted by molar-refractivity contribution is 8.00. The van der Waals surface area contributed by atoms with Crippen molar-refractivity contribution in [3.8, 4) is 6.07 Å². The molecule has 0 aliphatic carbocycles. The second kappa shape index (κ2) is 5.50. The zero-order valence-electron chi connectivity index (χ0n) is 8.84. The number of halogens is 4. The van der Waals surface area contributed by atoms with Crippen LogP contribution in [0.2, 0.25) is 5.02 Å². The summed E-state index contributed by atoms with van der Waals surface area (Å²) in [6.45, 7) is 0. The van der Waals surface area contributed by atoms with E-state index in [2.05, 4.69) is 4.74 Å². The van der Waals surface area contributed by atoms with Gasteiger partial charge in [-0.15, -0.1) is 0 Å². The number of carbonyl (C=O) groups excluding carboxylic acids is 1. The summed E-state index contributed by atoms with van der Waals surface area (Å²) in [5, 5.41) is 8.76. The van der Waals surface area contributed by atoms with Crippen molar-refractivity contribution < 1.29 is 22.7 Å². The molecule has 0 bridgehead atoms. The SMILES string of the molecule is COC(=O)c1cc(Cl)cc(C#N)c1SC(F)(F)F. The Balaban J connectivity index is 3.44. The maximum Gasteiger partial charge on any atom is 0.446 e. The van der Waals surface area contributed by atoms with Gasteiger partial charge in [0.2, 0.25) is 0 Å². The second-order valence-electron chi connectivity index (χ2n) is 2.98. The van der Waals surface area contributed by atoms with E-state index in [1.54, 1.807) is 6.07 Å². The van der Waals surface area contributed by atoms with Gasteiger partial charge >= 0.3 is 11.5 Å². The normalized spacial score (nSPS) is 10.9. The Morgan fingerprint density at radius 3 is 2.56 bits per heavy atom. The summed E-state index contributed by atoms with van der Waals surface area (Å²) in [5.41, 5.74) is -5.34. The third kappa shape index (κ3) is 3.55. The van der Waals surface area contributed by atoms with Crippen LogP contribution >= 0.6 is 23.4 Å². The van der Waals surface area contributed by atoms with E-state index in [1.165, 1.54) is 0 Å². The zero-order valence-corrected chi connectivity index (χ0v) is 10.4. The molecule has 0 radical (unpaired) electrons. The molecule has 1 rings (SSSR count). The molecule has 0 fully saturated rings. The lowest BCUT2D eigenvalue weighted by Crippen LogP contribution is -2.08. The molecule has 0 aliphatic heterocycles. The fourth-order valence-electron chi connectivity index (χ4n) is 1.16. The minimum absolute atomic E-state index is 0.0153. The van der Waals surface area contributed by atoms with Crippen molar-refractivity contribution in [2.75, 3.05) is 7.11 Å². The van der Waals surface area contributed by atoms with Crippen LogP contribution in [-0.4, -0.2) is 18.6 Å². The van der Waals surface area contributed by atoms with Crippen LogP contribution in [0.3, 0.4) is 0 Å². The van der Waals surface area contributed by atoms with Gasteiger partial charge < -0.3 is 4.74 Å².